The molecule has 1 N–H and O–H groups in total. The summed E-state index contributed by atoms with van der Waals surface area (Å²) in [6, 6.07) is 2.15. The maximum absolute atomic E-state index is 11.7. The molecule has 0 saturated carbocycles. The number of hydrogen-bond acceptors (Lipinski definition) is 2. The van der Waals surface area contributed by atoms with Crippen LogP contribution >= 0.6 is 54.5 Å². The minimum absolute atomic E-state index is 0.180. The number of hydrogen-bond donors (Lipinski definition) is 1. The summed E-state index contributed by atoms with van der Waals surface area (Å²) in [7, 11) is 0. The smallest absolute Gasteiger partial charge is 0.235 e. The van der Waals surface area contributed by atoms with Gasteiger partial charge in [0.05, 0.1) is 9.49 Å². The van der Waals surface area contributed by atoms with Crippen molar-refractivity contribution in [2.45, 2.75) is 34.6 Å². The Morgan fingerprint density at radius 2 is 2.07 bits per heavy atom. The SMILES string of the molecule is CC(C)(I)C(C)(C#N)NC(=O)C(Br)CBr. The van der Waals surface area contributed by atoms with Gasteiger partial charge >= 0.3 is 0 Å². The van der Waals surface area contributed by atoms with E-state index in [1.807, 2.05) is 13.8 Å². The molecule has 2 unspecified atom stereocenters. The Balaban J connectivity index is 4.76. The van der Waals surface area contributed by atoms with E-state index >= 15 is 0 Å². The first-order chi connectivity index (χ1) is 6.68. The number of alkyl halides is 3. The predicted molar refractivity (Wildman–Crippen MR) is 76.8 cm³/mol. The second kappa shape index (κ2) is 5.82. The minimum atomic E-state index is -0.876. The lowest BCUT2D eigenvalue weighted by Gasteiger charge is -2.35. The summed E-state index contributed by atoms with van der Waals surface area (Å²) >= 11 is 8.58. The summed E-state index contributed by atoms with van der Waals surface area (Å²) in [6.45, 7) is 5.55. The first kappa shape index (κ1) is 15.7. The van der Waals surface area contributed by atoms with Crippen molar-refractivity contribution >= 4 is 60.4 Å². The van der Waals surface area contributed by atoms with Crippen LogP contribution < -0.4 is 5.32 Å². The van der Waals surface area contributed by atoms with E-state index in [-0.39, 0.29) is 14.2 Å². The Kier molecular flexibility index (Phi) is 6.08. The van der Waals surface area contributed by atoms with Gasteiger partial charge in [-0.3, -0.25) is 4.79 Å². The molecular formula is C9H13Br2IN2O. The number of amides is 1. The van der Waals surface area contributed by atoms with Crippen LogP contribution in [0.5, 0.6) is 0 Å². The van der Waals surface area contributed by atoms with Crippen LogP contribution in [0.2, 0.25) is 0 Å². The molecule has 6 heteroatoms. The maximum atomic E-state index is 11.7. The number of rotatable bonds is 4. The molecule has 0 aromatic heterocycles. The summed E-state index contributed by atoms with van der Waals surface area (Å²) in [4.78, 5) is 11.3. The Bertz CT molecular complexity index is 285. The van der Waals surface area contributed by atoms with Crippen LogP contribution in [0, 0.1) is 11.3 Å². The van der Waals surface area contributed by atoms with Crippen LogP contribution in [0.15, 0.2) is 0 Å². The lowest BCUT2D eigenvalue weighted by Crippen LogP contribution is -2.57. The zero-order valence-corrected chi connectivity index (χ0v) is 14.1. The maximum Gasteiger partial charge on any atom is 0.235 e. The fraction of sp³-hybridized carbons (Fsp3) is 0.778. The highest BCUT2D eigenvalue weighted by Crippen LogP contribution is 2.30. The zero-order chi connectivity index (χ0) is 12.3. The molecule has 0 aliphatic heterocycles. The van der Waals surface area contributed by atoms with Crippen LogP contribution in [-0.4, -0.2) is 25.0 Å². The van der Waals surface area contributed by atoms with E-state index < -0.39 is 5.54 Å². The molecule has 3 nitrogen and oxygen atoms in total. The second-order valence-corrected chi connectivity index (χ2v) is 8.27. The van der Waals surface area contributed by atoms with Gasteiger partial charge in [-0.05, 0) is 20.8 Å². The average molecular weight is 452 g/mol. The summed E-state index contributed by atoms with van der Waals surface area (Å²) in [5.74, 6) is -0.180. The van der Waals surface area contributed by atoms with Crippen molar-refractivity contribution in [2.75, 3.05) is 5.33 Å². The Labute approximate surface area is 121 Å². The molecule has 0 fully saturated rings. The molecule has 0 saturated heterocycles. The van der Waals surface area contributed by atoms with Crippen LogP contribution in [0.3, 0.4) is 0 Å². The summed E-state index contributed by atoms with van der Waals surface area (Å²) in [5, 5.41) is 12.4. The summed E-state index contributed by atoms with van der Waals surface area (Å²) in [5.41, 5.74) is -0.876. The molecule has 0 aromatic rings. The molecular weight excluding hydrogens is 439 g/mol. The van der Waals surface area contributed by atoms with E-state index in [2.05, 4.69) is 65.8 Å². The number of nitriles is 1. The van der Waals surface area contributed by atoms with Crippen LogP contribution in [0.4, 0.5) is 0 Å². The summed E-state index contributed by atoms with van der Waals surface area (Å²) in [6.07, 6.45) is 0. The normalized spacial score (nSPS) is 17.4. The van der Waals surface area contributed by atoms with Gasteiger partial charge in [-0.15, -0.1) is 0 Å². The van der Waals surface area contributed by atoms with Gasteiger partial charge in [0.15, 0.2) is 0 Å². The van der Waals surface area contributed by atoms with Gasteiger partial charge in [0.25, 0.3) is 0 Å². The molecule has 0 radical (unpaired) electrons. The van der Waals surface area contributed by atoms with Gasteiger partial charge in [-0.25, -0.2) is 0 Å². The molecule has 0 spiro atoms. The third kappa shape index (κ3) is 4.19. The average Bonchev–Trinajstić information content (AvgIpc) is 2.14. The van der Waals surface area contributed by atoms with E-state index in [1.165, 1.54) is 0 Å². The lowest BCUT2D eigenvalue weighted by atomic mass is 9.90. The van der Waals surface area contributed by atoms with Gasteiger partial charge in [0.2, 0.25) is 5.91 Å². The predicted octanol–water partition coefficient (Wildman–Crippen LogP) is 2.76. The molecule has 0 rings (SSSR count). The molecule has 0 heterocycles. The van der Waals surface area contributed by atoms with Crippen LogP contribution in [-0.2, 0) is 4.79 Å². The standard InChI is InChI=1S/C9H13Br2IN2O/c1-8(2,12)9(3,5-13)14-7(15)6(11)4-10/h6H,4H2,1-3H3,(H,14,15). The summed E-state index contributed by atoms with van der Waals surface area (Å²) < 4.78 is -0.339. The van der Waals surface area contributed by atoms with E-state index in [9.17, 15) is 4.79 Å². The Morgan fingerprint density at radius 3 is 2.33 bits per heavy atom. The molecule has 0 bridgehead atoms. The highest BCUT2D eigenvalue weighted by atomic mass is 127. The van der Waals surface area contributed by atoms with E-state index in [0.29, 0.717) is 5.33 Å². The van der Waals surface area contributed by atoms with Crippen molar-refractivity contribution in [1.29, 1.82) is 5.26 Å². The molecule has 15 heavy (non-hydrogen) atoms. The number of carbonyl (C=O) groups is 1. The lowest BCUT2D eigenvalue weighted by molar-refractivity contribution is -0.121. The molecule has 86 valence electrons. The van der Waals surface area contributed by atoms with Crippen LogP contribution in [0.25, 0.3) is 0 Å². The van der Waals surface area contributed by atoms with E-state index in [1.54, 1.807) is 6.92 Å². The Hall–Kier alpha value is 0.650. The van der Waals surface area contributed by atoms with Crippen molar-refractivity contribution in [3.8, 4) is 6.07 Å². The third-order valence-corrected chi connectivity index (χ3v) is 5.54. The zero-order valence-electron chi connectivity index (χ0n) is 8.77. The fourth-order valence-corrected chi connectivity index (χ4v) is 1.37. The van der Waals surface area contributed by atoms with E-state index in [4.69, 9.17) is 5.26 Å². The van der Waals surface area contributed by atoms with Crippen molar-refractivity contribution in [3.63, 3.8) is 0 Å². The highest BCUT2D eigenvalue weighted by molar-refractivity contribution is 14.1. The van der Waals surface area contributed by atoms with Crippen molar-refractivity contribution in [2.24, 2.45) is 0 Å². The molecule has 0 aromatic carbocycles. The van der Waals surface area contributed by atoms with Gasteiger partial charge in [0, 0.05) is 5.33 Å². The van der Waals surface area contributed by atoms with Gasteiger partial charge < -0.3 is 5.32 Å². The number of carbonyl (C=O) groups excluding carboxylic acids is 1. The molecule has 0 aliphatic carbocycles. The third-order valence-electron chi connectivity index (χ3n) is 2.21. The second-order valence-electron chi connectivity index (χ2n) is 3.82. The van der Waals surface area contributed by atoms with Crippen molar-refractivity contribution < 1.29 is 4.79 Å². The highest BCUT2D eigenvalue weighted by Gasteiger charge is 2.41. The monoisotopic (exact) mass is 450 g/mol. The molecule has 2 atom stereocenters. The number of halogens is 3. The number of nitrogens with zero attached hydrogens (tertiary/aromatic N) is 1. The van der Waals surface area contributed by atoms with Crippen molar-refractivity contribution in [1.82, 2.24) is 5.32 Å². The van der Waals surface area contributed by atoms with Gasteiger partial charge in [-0.1, -0.05) is 54.5 Å². The largest absolute Gasteiger partial charge is 0.336 e. The first-order valence-electron chi connectivity index (χ1n) is 4.30. The molecule has 1 amide bonds. The topological polar surface area (TPSA) is 52.9 Å². The Morgan fingerprint density at radius 1 is 1.60 bits per heavy atom. The quantitative estimate of drug-likeness (QED) is 0.528. The fourth-order valence-electron chi connectivity index (χ4n) is 0.704. The van der Waals surface area contributed by atoms with Crippen LogP contribution in [0.1, 0.15) is 20.8 Å². The minimum Gasteiger partial charge on any atom is -0.336 e. The first-order valence-corrected chi connectivity index (χ1v) is 7.42. The van der Waals surface area contributed by atoms with Crippen molar-refractivity contribution in [3.05, 3.63) is 0 Å². The van der Waals surface area contributed by atoms with Gasteiger partial charge in [-0.2, -0.15) is 5.26 Å². The number of nitrogens with one attached hydrogen (secondary N) is 1. The van der Waals surface area contributed by atoms with E-state index in [0.717, 1.165) is 0 Å². The van der Waals surface area contributed by atoms with Gasteiger partial charge in [0.1, 0.15) is 10.4 Å². The molecule has 0 aliphatic rings.